The van der Waals surface area contributed by atoms with Gasteiger partial charge in [-0.25, -0.2) is 0 Å². The largest absolute Gasteiger partial charge is 0.508 e. The highest BCUT2D eigenvalue weighted by Gasteiger charge is 2.03. The smallest absolute Gasteiger partial charge is 0.185 e. The van der Waals surface area contributed by atoms with Crippen molar-refractivity contribution in [1.82, 2.24) is 0 Å². The predicted molar refractivity (Wildman–Crippen MR) is 98.5 cm³/mol. The quantitative estimate of drug-likeness (QED) is 0.371. The van der Waals surface area contributed by atoms with Crippen molar-refractivity contribution in [2.45, 2.75) is 0 Å². The van der Waals surface area contributed by atoms with E-state index in [0.717, 1.165) is 5.69 Å². The number of azo groups is 1. The number of phenolic OH excluding ortho intramolecular Hbond substituents is 1. The first kappa shape index (κ1) is 16.3. The van der Waals surface area contributed by atoms with Gasteiger partial charge in [-0.1, -0.05) is 48.5 Å². The molecule has 0 fully saturated rings. The molecule has 0 atom stereocenters. The van der Waals surface area contributed by atoms with E-state index in [9.17, 15) is 9.90 Å². The first-order chi connectivity index (χ1) is 12.2. The monoisotopic (exact) mass is 328 g/mol. The molecule has 0 aliphatic carbocycles. The number of phenols is 1. The van der Waals surface area contributed by atoms with Gasteiger partial charge in [0.25, 0.3) is 0 Å². The average Bonchev–Trinajstić information content (AvgIpc) is 2.67. The van der Waals surface area contributed by atoms with E-state index in [-0.39, 0.29) is 11.5 Å². The van der Waals surface area contributed by atoms with E-state index in [4.69, 9.17) is 0 Å². The maximum absolute atomic E-state index is 12.2. The van der Waals surface area contributed by atoms with E-state index in [0.29, 0.717) is 16.8 Å². The summed E-state index contributed by atoms with van der Waals surface area (Å²) >= 11 is 0. The average molecular weight is 328 g/mol. The Bertz CT molecular complexity index is 917. The van der Waals surface area contributed by atoms with Gasteiger partial charge in [0.05, 0.1) is 11.4 Å². The third-order valence-electron chi connectivity index (χ3n) is 3.51. The van der Waals surface area contributed by atoms with E-state index in [1.54, 1.807) is 30.3 Å². The second-order valence-corrected chi connectivity index (χ2v) is 5.34. The highest BCUT2D eigenvalue weighted by Crippen LogP contribution is 2.27. The Kier molecular flexibility index (Phi) is 5.12. The molecule has 3 aromatic carbocycles. The van der Waals surface area contributed by atoms with Gasteiger partial charge in [0, 0.05) is 11.1 Å². The summed E-state index contributed by atoms with van der Waals surface area (Å²) in [6.07, 6.45) is 3.10. The lowest BCUT2D eigenvalue weighted by atomic mass is 10.1. The van der Waals surface area contributed by atoms with Crippen molar-refractivity contribution < 1.29 is 9.90 Å². The third-order valence-corrected chi connectivity index (χ3v) is 3.51. The molecule has 1 N–H and O–H groups in total. The molecule has 0 amide bonds. The fourth-order valence-electron chi connectivity index (χ4n) is 2.24. The molecule has 0 saturated heterocycles. The molecule has 0 saturated carbocycles. The highest BCUT2D eigenvalue weighted by atomic mass is 16.3. The molecule has 3 rings (SSSR count). The molecule has 4 heteroatoms. The molecule has 3 aromatic rings. The normalized spacial score (nSPS) is 11.2. The number of ketones is 1. The fraction of sp³-hybridized carbons (Fsp3) is 0. The Hall–Kier alpha value is -3.53. The van der Waals surface area contributed by atoms with Crippen LogP contribution in [0.2, 0.25) is 0 Å². The molecule has 0 radical (unpaired) electrons. The molecular formula is C21H16N2O2. The lowest BCUT2D eigenvalue weighted by molar-refractivity contribution is 0.104. The number of carbonyl (C=O) groups excluding carboxylic acids is 1. The Balaban J connectivity index is 1.85. The van der Waals surface area contributed by atoms with Gasteiger partial charge in [0.15, 0.2) is 5.78 Å². The van der Waals surface area contributed by atoms with Crippen LogP contribution in [-0.4, -0.2) is 10.9 Å². The van der Waals surface area contributed by atoms with Gasteiger partial charge >= 0.3 is 0 Å². The van der Waals surface area contributed by atoms with Gasteiger partial charge in [-0.2, -0.15) is 5.11 Å². The van der Waals surface area contributed by atoms with Gasteiger partial charge in [-0.05, 0) is 42.5 Å². The van der Waals surface area contributed by atoms with Gasteiger partial charge in [0.1, 0.15) is 5.75 Å². The topological polar surface area (TPSA) is 62.0 Å². The van der Waals surface area contributed by atoms with Crippen LogP contribution in [0.25, 0.3) is 6.08 Å². The second kappa shape index (κ2) is 7.84. The summed E-state index contributed by atoms with van der Waals surface area (Å²) in [7, 11) is 0. The molecule has 0 spiro atoms. The summed E-state index contributed by atoms with van der Waals surface area (Å²) in [5.74, 6) is -0.0136. The number of aromatic hydroxyl groups is 1. The van der Waals surface area contributed by atoms with Crippen molar-refractivity contribution in [3.8, 4) is 5.75 Å². The van der Waals surface area contributed by atoms with Crippen molar-refractivity contribution >= 4 is 23.2 Å². The maximum Gasteiger partial charge on any atom is 0.185 e. The van der Waals surface area contributed by atoms with Crippen LogP contribution in [0.1, 0.15) is 15.9 Å². The minimum atomic E-state index is -0.116. The van der Waals surface area contributed by atoms with Gasteiger partial charge in [-0.3, -0.25) is 4.79 Å². The highest BCUT2D eigenvalue weighted by molar-refractivity contribution is 6.07. The third kappa shape index (κ3) is 4.48. The van der Waals surface area contributed by atoms with E-state index >= 15 is 0 Å². The first-order valence-corrected chi connectivity index (χ1v) is 7.80. The number of allylic oxidation sites excluding steroid dienone is 1. The van der Waals surface area contributed by atoms with Crippen LogP contribution in [0.4, 0.5) is 11.4 Å². The number of hydrogen-bond donors (Lipinski definition) is 1. The summed E-state index contributed by atoms with van der Waals surface area (Å²) in [4.78, 5) is 12.2. The van der Waals surface area contributed by atoms with Crippen LogP contribution in [-0.2, 0) is 0 Å². The minimum Gasteiger partial charge on any atom is -0.508 e. The Morgan fingerprint density at radius 2 is 1.52 bits per heavy atom. The van der Waals surface area contributed by atoms with Crippen molar-refractivity contribution in [2.75, 3.05) is 0 Å². The van der Waals surface area contributed by atoms with Crippen molar-refractivity contribution in [3.63, 3.8) is 0 Å². The fourth-order valence-corrected chi connectivity index (χ4v) is 2.24. The standard InChI is InChI=1S/C21H16N2O2/c24-19-12-13-20(23-22-18-9-5-2-6-10-18)17(15-19)11-14-21(25)16-7-3-1-4-8-16/h1-15,24H. The van der Waals surface area contributed by atoms with Gasteiger partial charge < -0.3 is 5.11 Å². The summed E-state index contributed by atoms with van der Waals surface area (Å²) in [6, 6.07) is 23.1. The van der Waals surface area contributed by atoms with Crippen LogP contribution in [0, 0.1) is 0 Å². The minimum absolute atomic E-state index is 0.102. The molecule has 25 heavy (non-hydrogen) atoms. The Labute approximate surface area is 145 Å². The Morgan fingerprint density at radius 1 is 0.840 bits per heavy atom. The zero-order valence-corrected chi connectivity index (χ0v) is 13.4. The number of carbonyl (C=O) groups is 1. The molecule has 0 unspecified atom stereocenters. The van der Waals surface area contributed by atoms with Crippen LogP contribution in [0.5, 0.6) is 5.75 Å². The first-order valence-electron chi connectivity index (χ1n) is 7.80. The number of hydrogen-bond acceptors (Lipinski definition) is 4. The molecule has 0 heterocycles. The van der Waals surface area contributed by atoms with E-state index in [1.165, 1.54) is 12.1 Å². The summed E-state index contributed by atoms with van der Waals surface area (Å²) in [5.41, 5.74) is 2.51. The van der Waals surface area contributed by atoms with Crippen molar-refractivity contribution in [1.29, 1.82) is 0 Å². The van der Waals surface area contributed by atoms with Crippen LogP contribution < -0.4 is 0 Å². The molecule has 4 nitrogen and oxygen atoms in total. The molecular weight excluding hydrogens is 312 g/mol. The zero-order chi connectivity index (χ0) is 17.5. The van der Waals surface area contributed by atoms with Crippen LogP contribution >= 0.6 is 0 Å². The molecule has 0 aromatic heterocycles. The lowest BCUT2D eigenvalue weighted by Gasteiger charge is -2.01. The Morgan fingerprint density at radius 3 is 2.24 bits per heavy atom. The van der Waals surface area contributed by atoms with Crippen LogP contribution in [0.3, 0.4) is 0 Å². The van der Waals surface area contributed by atoms with E-state index < -0.39 is 0 Å². The van der Waals surface area contributed by atoms with Crippen molar-refractivity contribution in [3.05, 3.63) is 96.1 Å². The second-order valence-electron chi connectivity index (χ2n) is 5.34. The van der Waals surface area contributed by atoms with Gasteiger partial charge in [0.2, 0.25) is 0 Å². The summed E-state index contributed by atoms with van der Waals surface area (Å²) < 4.78 is 0. The molecule has 0 aliphatic heterocycles. The lowest BCUT2D eigenvalue weighted by Crippen LogP contribution is -1.92. The SMILES string of the molecule is O=C(C=Cc1cc(O)ccc1N=Nc1ccccc1)c1ccccc1. The van der Waals surface area contributed by atoms with Gasteiger partial charge in [-0.15, -0.1) is 5.11 Å². The van der Waals surface area contributed by atoms with E-state index in [1.807, 2.05) is 48.5 Å². The number of rotatable bonds is 5. The molecule has 0 bridgehead atoms. The molecule has 0 aliphatic rings. The number of benzene rings is 3. The van der Waals surface area contributed by atoms with Crippen LogP contribution in [0.15, 0.2) is 95.2 Å². The molecule has 122 valence electrons. The predicted octanol–water partition coefficient (Wildman–Crippen LogP) is 5.70. The zero-order valence-electron chi connectivity index (χ0n) is 13.4. The van der Waals surface area contributed by atoms with E-state index in [2.05, 4.69) is 10.2 Å². The maximum atomic E-state index is 12.2. The summed E-state index contributed by atoms with van der Waals surface area (Å²) in [6.45, 7) is 0. The summed E-state index contributed by atoms with van der Waals surface area (Å²) in [5, 5.41) is 18.1. The number of nitrogens with zero attached hydrogens (tertiary/aromatic N) is 2. The van der Waals surface area contributed by atoms with Crippen molar-refractivity contribution in [2.24, 2.45) is 10.2 Å².